The fourth-order valence-electron chi connectivity index (χ4n) is 2.45. The average Bonchev–Trinajstić information content (AvgIpc) is 3.33. The lowest BCUT2D eigenvalue weighted by molar-refractivity contribution is 0.302. The van der Waals surface area contributed by atoms with E-state index in [0.717, 1.165) is 35.5 Å². The van der Waals surface area contributed by atoms with Crippen LogP contribution in [0.5, 0.6) is 11.5 Å². The second-order valence-electron chi connectivity index (χ2n) is 5.23. The van der Waals surface area contributed by atoms with Crippen LogP contribution in [0, 0.1) is 0 Å². The van der Waals surface area contributed by atoms with Crippen molar-refractivity contribution in [2.45, 2.75) is 25.0 Å². The Morgan fingerprint density at radius 1 is 1.29 bits per heavy atom. The Balaban J connectivity index is 1.91. The first-order chi connectivity index (χ1) is 10.3. The van der Waals surface area contributed by atoms with Gasteiger partial charge in [0.05, 0.1) is 25.5 Å². The lowest BCUT2D eigenvalue weighted by atomic mass is 9.99. The summed E-state index contributed by atoms with van der Waals surface area (Å²) < 4.78 is 11.3. The molecule has 0 bridgehead atoms. The minimum atomic E-state index is 0.0469. The van der Waals surface area contributed by atoms with E-state index in [1.165, 1.54) is 0 Å². The van der Waals surface area contributed by atoms with E-state index >= 15 is 0 Å². The minimum Gasteiger partial charge on any atom is -0.495 e. The van der Waals surface area contributed by atoms with Gasteiger partial charge in [-0.15, -0.1) is 0 Å². The zero-order valence-electron chi connectivity index (χ0n) is 12.4. The zero-order chi connectivity index (χ0) is 14.7. The molecule has 1 saturated carbocycles. The highest BCUT2D eigenvalue weighted by Crippen LogP contribution is 2.32. The Labute approximate surface area is 125 Å². The first-order valence-corrected chi connectivity index (χ1v) is 7.23. The number of nitrogens with one attached hydrogen (secondary N) is 1. The van der Waals surface area contributed by atoms with Gasteiger partial charge in [-0.3, -0.25) is 4.98 Å². The van der Waals surface area contributed by atoms with Gasteiger partial charge in [-0.25, -0.2) is 0 Å². The Morgan fingerprint density at radius 3 is 2.86 bits per heavy atom. The van der Waals surface area contributed by atoms with Gasteiger partial charge in [-0.1, -0.05) is 12.1 Å². The molecule has 1 aromatic heterocycles. The third-order valence-electron chi connectivity index (χ3n) is 3.65. The summed E-state index contributed by atoms with van der Waals surface area (Å²) in [5.41, 5.74) is 2.22. The van der Waals surface area contributed by atoms with Crippen molar-refractivity contribution in [1.82, 2.24) is 10.3 Å². The van der Waals surface area contributed by atoms with Crippen LogP contribution >= 0.6 is 0 Å². The third-order valence-corrected chi connectivity index (χ3v) is 3.65. The molecule has 0 amide bonds. The van der Waals surface area contributed by atoms with Gasteiger partial charge in [0.15, 0.2) is 0 Å². The summed E-state index contributed by atoms with van der Waals surface area (Å²) in [6.45, 7) is 0. The number of aromatic nitrogens is 1. The van der Waals surface area contributed by atoms with E-state index in [0.29, 0.717) is 6.10 Å². The van der Waals surface area contributed by atoms with Crippen molar-refractivity contribution in [1.29, 1.82) is 0 Å². The summed E-state index contributed by atoms with van der Waals surface area (Å²) in [5.74, 6) is 1.72. The van der Waals surface area contributed by atoms with E-state index in [1.807, 2.05) is 25.2 Å². The van der Waals surface area contributed by atoms with Crippen molar-refractivity contribution in [3.63, 3.8) is 0 Å². The molecule has 1 fully saturated rings. The van der Waals surface area contributed by atoms with Gasteiger partial charge in [-0.05, 0) is 43.7 Å². The van der Waals surface area contributed by atoms with E-state index in [-0.39, 0.29) is 6.04 Å². The number of nitrogens with zero attached hydrogens (tertiary/aromatic N) is 1. The summed E-state index contributed by atoms with van der Waals surface area (Å²) in [7, 11) is 3.61. The van der Waals surface area contributed by atoms with Crippen molar-refractivity contribution in [3.8, 4) is 11.5 Å². The molecular formula is C17H20N2O2. The molecule has 4 heteroatoms. The van der Waals surface area contributed by atoms with Gasteiger partial charge < -0.3 is 14.8 Å². The number of hydrogen-bond donors (Lipinski definition) is 1. The van der Waals surface area contributed by atoms with Crippen LogP contribution in [0.2, 0.25) is 0 Å². The molecule has 0 spiro atoms. The smallest absolute Gasteiger partial charge is 0.142 e. The fraction of sp³-hybridized carbons (Fsp3) is 0.353. The fourth-order valence-corrected chi connectivity index (χ4v) is 2.45. The molecule has 1 unspecified atom stereocenters. The highest BCUT2D eigenvalue weighted by molar-refractivity contribution is 5.42. The first-order valence-electron chi connectivity index (χ1n) is 7.23. The first kappa shape index (κ1) is 13.9. The maximum atomic E-state index is 5.88. The number of rotatable bonds is 6. The van der Waals surface area contributed by atoms with Crippen LogP contribution in [0.3, 0.4) is 0 Å². The van der Waals surface area contributed by atoms with E-state index in [1.54, 1.807) is 19.5 Å². The molecule has 3 rings (SSSR count). The number of methoxy groups -OCH3 is 1. The second-order valence-corrected chi connectivity index (χ2v) is 5.23. The summed E-state index contributed by atoms with van der Waals surface area (Å²) in [4.78, 5) is 4.11. The zero-order valence-corrected chi connectivity index (χ0v) is 12.4. The quantitative estimate of drug-likeness (QED) is 0.885. The maximum absolute atomic E-state index is 5.88. The van der Waals surface area contributed by atoms with Crippen LogP contribution in [0.1, 0.15) is 30.0 Å². The summed E-state index contributed by atoms with van der Waals surface area (Å²) in [6, 6.07) is 10.3. The number of benzene rings is 1. The second kappa shape index (κ2) is 6.14. The number of ether oxygens (including phenoxy) is 2. The third kappa shape index (κ3) is 3.16. The topological polar surface area (TPSA) is 43.4 Å². The molecule has 1 heterocycles. The van der Waals surface area contributed by atoms with Crippen molar-refractivity contribution in [2.24, 2.45) is 0 Å². The van der Waals surface area contributed by atoms with Crippen LogP contribution in [0.25, 0.3) is 0 Å². The van der Waals surface area contributed by atoms with Crippen LogP contribution in [0.15, 0.2) is 42.7 Å². The molecule has 0 radical (unpaired) electrons. The van der Waals surface area contributed by atoms with Crippen molar-refractivity contribution in [3.05, 3.63) is 53.9 Å². The van der Waals surface area contributed by atoms with Crippen molar-refractivity contribution < 1.29 is 9.47 Å². The van der Waals surface area contributed by atoms with Crippen LogP contribution < -0.4 is 14.8 Å². The van der Waals surface area contributed by atoms with Gasteiger partial charge in [-0.2, -0.15) is 0 Å². The van der Waals surface area contributed by atoms with Gasteiger partial charge >= 0.3 is 0 Å². The average molecular weight is 284 g/mol. The molecule has 4 nitrogen and oxygen atoms in total. The van der Waals surface area contributed by atoms with Gasteiger partial charge in [0.25, 0.3) is 0 Å². The molecule has 1 N–H and O–H groups in total. The Bertz CT molecular complexity index is 611. The summed E-state index contributed by atoms with van der Waals surface area (Å²) in [6.07, 6.45) is 6.26. The molecule has 0 aliphatic heterocycles. The monoisotopic (exact) mass is 284 g/mol. The highest BCUT2D eigenvalue weighted by atomic mass is 16.5. The lowest BCUT2D eigenvalue weighted by Gasteiger charge is -2.20. The SMILES string of the molecule is CNC(c1cccc(OC2CC2)c1)c1ccncc1OC. The predicted octanol–water partition coefficient (Wildman–Crippen LogP) is 2.94. The minimum absolute atomic E-state index is 0.0469. The molecule has 2 aromatic rings. The molecule has 110 valence electrons. The molecule has 1 aromatic carbocycles. The Hall–Kier alpha value is -2.07. The van der Waals surface area contributed by atoms with Crippen LogP contribution in [0.4, 0.5) is 0 Å². The molecule has 1 atom stereocenters. The van der Waals surface area contributed by atoms with Crippen molar-refractivity contribution >= 4 is 0 Å². The standard InChI is InChI=1S/C17H20N2O2/c1-18-17(15-8-9-19-11-16(15)20-2)12-4-3-5-14(10-12)21-13-6-7-13/h3-5,8-11,13,17-18H,6-7H2,1-2H3. The lowest BCUT2D eigenvalue weighted by Crippen LogP contribution is -2.18. The Morgan fingerprint density at radius 2 is 2.14 bits per heavy atom. The van der Waals surface area contributed by atoms with Crippen LogP contribution in [-0.2, 0) is 0 Å². The van der Waals surface area contributed by atoms with E-state index in [4.69, 9.17) is 9.47 Å². The maximum Gasteiger partial charge on any atom is 0.142 e. The van der Waals surface area contributed by atoms with Crippen LogP contribution in [-0.4, -0.2) is 25.2 Å². The van der Waals surface area contributed by atoms with E-state index in [9.17, 15) is 0 Å². The number of pyridine rings is 1. The summed E-state index contributed by atoms with van der Waals surface area (Å²) >= 11 is 0. The van der Waals surface area contributed by atoms with Gasteiger partial charge in [0.2, 0.25) is 0 Å². The van der Waals surface area contributed by atoms with E-state index in [2.05, 4.69) is 22.4 Å². The molecule has 1 aliphatic carbocycles. The highest BCUT2D eigenvalue weighted by Gasteiger charge is 2.24. The largest absolute Gasteiger partial charge is 0.495 e. The normalized spacial score (nSPS) is 15.5. The molecule has 0 saturated heterocycles. The van der Waals surface area contributed by atoms with Crippen molar-refractivity contribution in [2.75, 3.05) is 14.2 Å². The number of hydrogen-bond acceptors (Lipinski definition) is 4. The molecule has 1 aliphatic rings. The van der Waals surface area contributed by atoms with Gasteiger partial charge in [0.1, 0.15) is 11.5 Å². The van der Waals surface area contributed by atoms with Gasteiger partial charge in [0, 0.05) is 11.8 Å². The molecular weight excluding hydrogens is 264 g/mol. The Kier molecular flexibility index (Phi) is 4.06. The summed E-state index contributed by atoms with van der Waals surface area (Å²) in [5, 5.41) is 3.34. The molecule has 21 heavy (non-hydrogen) atoms. The van der Waals surface area contributed by atoms with E-state index < -0.39 is 0 Å². The predicted molar refractivity (Wildman–Crippen MR) is 81.8 cm³/mol.